The van der Waals surface area contributed by atoms with E-state index in [2.05, 4.69) is 0 Å². The highest BCUT2D eigenvalue weighted by Gasteiger charge is 2.16. The monoisotopic (exact) mass is 273 g/mol. The lowest BCUT2D eigenvalue weighted by Gasteiger charge is -2.23. The van der Waals surface area contributed by atoms with Crippen LogP contribution >= 0.6 is 0 Å². The zero-order valence-electron chi connectivity index (χ0n) is 11.4. The van der Waals surface area contributed by atoms with E-state index in [1.54, 1.807) is 0 Å². The van der Waals surface area contributed by atoms with Crippen LogP contribution in [0.2, 0.25) is 0 Å². The summed E-state index contributed by atoms with van der Waals surface area (Å²) in [5, 5.41) is 9.99. The number of aliphatic hydroxyl groups excluding tert-OH is 1. The fraction of sp³-hybridized carbons (Fsp3) is 0.571. The maximum Gasteiger partial charge on any atom is 0.129 e. The number of likely N-dealkylation sites (N-methyl/N-ethyl adjacent to an activating group) is 1. The molecule has 1 rings (SSSR count). The Labute approximate surface area is 112 Å². The number of nitrogens with zero attached hydrogens (tertiary/aromatic N) is 1. The molecule has 19 heavy (non-hydrogen) atoms. The first-order valence-corrected chi connectivity index (χ1v) is 6.51. The molecular weight excluding hydrogens is 252 g/mol. The van der Waals surface area contributed by atoms with Gasteiger partial charge in [-0.15, -0.1) is 0 Å². The lowest BCUT2D eigenvalue weighted by molar-refractivity contribution is 0.0776. The van der Waals surface area contributed by atoms with Crippen LogP contribution in [0, 0.1) is 11.6 Å². The molecule has 0 aliphatic carbocycles. The standard InChI is InChI=1S/C14H21F2NO2/c1-3-17(7-8-19-4-2)10-14(18)12-9-11(15)5-6-13(12)16/h5-6,9,14,18H,3-4,7-8,10H2,1-2H3. The number of rotatable bonds is 8. The third kappa shape index (κ3) is 5.22. The molecule has 1 N–H and O–H groups in total. The van der Waals surface area contributed by atoms with Gasteiger partial charge in [-0.1, -0.05) is 6.92 Å². The molecule has 1 atom stereocenters. The number of hydrogen-bond donors (Lipinski definition) is 1. The van der Waals surface area contributed by atoms with Crippen molar-refractivity contribution in [3.8, 4) is 0 Å². The molecule has 0 bridgehead atoms. The third-order valence-electron chi connectivity index (χ3n) is 2.95. The van der Waals surface area contributed by atoms with Gasteiger partial charge < -0.3 is 9.84 Å². The Hall–Kier alpha value is -1.04. The third-order valence-corrected chi connectivity index (χ3v) is 2.95. The summed E-state index contributed by atoms with van der Waals surface area (Å²) >= 11 is 0. The van der Waals surface area contributed by atoms with E-state index in [0.717, 1.165) is 18.2 Å². The van der Waals surface area contributed by atoms with Gasteiger partial charge in [-0.05, 0) is 31.7 Å². The second-order valence-electron chi connectivity index (χ2n) is 4.27. The van der Waals surface area contributed by atoms with Crippen molar-refractivity contribution in [2.24, 2.45) is 0 Å². The zero-order valence-corrected chi connectivity index (χ0v) is 11.4. The molecule has 1 aromatic carbocycles. The Kier molecular flexibility index (Phi) is 6.91. The summed E-state index contributed by atoms with van der Waals surface area (Å²) in [6, 6.07) is 3.11. The fourth-order valence-corrected chi connectivity index (χ4v) is 1.83. The van der Waals surface area contributed by atoms with Crippen LogP contribution in [-0.2, 0) is 4.74 Å². The minimum absolute atomic E-state index is 0.00476. The minimum atomic E-state index is -1.04. The van der Waals surface area contributed by atoms with Gasteiger partial charge in [-0.25, -0.2) is 8.78 Å². The smallest absolute Gasteiger partial charge is 0.129 e. The van der Waals surface area contributed by atoms with Gasteiger partial charge in [-0.2, -0.15) is 0 Å². The van der Waals surface area contributed by atoms with Crippen LogP contribution in [0.4, 0.5) is 8.78 Å². The number of halogens is 2. The van der Waals surface area contributed by atoms with E-state index in [1.807, 2.05) is 18.7 Å². The number of benzene rings is 1. The first-order chi connectivity index (χ1) is 9.08. The van der Waals surface area contributed by atoms with Gasteiger partial charge in [0.1, 0.15) is 11.6 Å². The topological polar surface area (TPSA) is 32.7 Å². The van der Waals surface area contributed by atoms with E-state index in [-0.39, 0.29) is 12.1 Å². The van der Waals surface area contributed by atoms with Crippen molar-refractivity contribution < 1.29 is 18.6 Å². The Morgan fingerprint density at radius 1 is 1.32 bits per heavy atom. The number of aliphatic hydroxyl groups is 1. The second-order valence-corrected chi connectivity index (χ2v) is 4.27. The molecular formula is C14H21F2NO2. The summed E-state index contributed by atoms with van der Waals surface area (Å²) in [6.45, 7) is 6.67. The second kappa shape index (κ2) is 8.19. The Morgan fingerprint density at radius 2 is 2.05 bits per heavy atom. The summed E-state index contributed by atoms with van der Waals surface area (Å²) < 4.78 is 31.8. The number of ether oxygens (including phenoxy) is 1. The van der Waals surface area contributed by atoms with Gasteiger partial charge in [0.2, 0.25) is 0 Å². The van der Waals surface area contributed by atoms with Gasteiger partial charge in [0.25, 0.3) is 0 Å². The van der Waals surface area contributed by atoms with E-state index in [0.29, 0.717) is 26.3 Å². The van der Waals surface area contributed by atoms with Crippen LogP contribution in [0.3, 0.4) is 0 Å². The lowest BCUT2D eigenvalue weighted by Crippen LogP contribution is -2.32. The van der Waals surface area contributed by atoms with Gasteiger partial charge >= 0.3 is 0 Å². The van der Waals surface area contributed by atoms with Crippen molar-refractivity contribution in [2.45, 2.75) is 20.0 Å². The SMILES string of the molecule is CCOCCN(CC)CC(O)c1cc(F)ccc1F. The summed E-state index contributed by atoms with van der Waals surface area (Å²) in [5.41, 5.74) is -0.00476. The highest BCUT2D eigenvalue weighted by Crippen LogP contribution is 2.19. The van der Waals surface area contributed by atoms with Crippen LogP contribution in [0.15, 0.2) is 18.2 Å². The van der Waals surface area contributed by atoms with Gasteiger partial charge in [-0.3, -0.25) is 4.90 Å². The fourth-order valence-electron chi connectivity index (χ4n) is 1.83. The molecule has 0 radical (unpaired) electrons. The summed E-state index contributed by atoms with van der Waals surface area (Å²) in [5.74, 6) is -1.14. The highest BCUT2D eigenvalue weighted by molar-refractivity contribution is 5.21. The molecule has 3 nitrogen and oxygen atoms in total. The van der Waals surface area contributed by atoms with E-state index < -0.39 is 17.7 Å². The van der Waals surface area contributed by atoms with E-state index in [9.17, 15) is 13.9 Å². The Bertz CT molecular complexity index is 388. The van der Waals surface area contributed by atoms with Gasteiger partial charge in [0.05, 0.1) is 12.7 Å². The van der Waals surface area contributed by atoms with Crippen molar-refractivity contribution in [1.29, 1.82) is 0 Å². The minimum Gasteiger partial charge on any atom is -0.387 e. The largest absolute Gasteiger partial charge is 0.387 e. The molecule has 0 aliphatic rings. The molecule has 0 heterocycles. The average molecular weight is 273 g/mol. The molecule has 0 fully saturated rings. The quantitative estimate of drug-likeness (QED) is 0.738. The molecule has 108 valence electrons. The first kappa shape index (κ1) is 16.0. The van der Waals surface area contributed by atoms with Gasteiger partial charge in [0, 0.05) is 25.3 Å². The number of hydrogen-bond acceptors (Lipinski definition) is 3. The molecule has 1 unspecified atom stereocenters. The van der Waals surface area contributed by atoms with Crippen LogP contribution in [0.1, 0.15) is 25.5 Å². The molecule has 0 saturated carbocycles. The lowest BCUT2D eigenvalue weighted by atomic mass is 10.1. The molecule has 0 spiro atoms. The Balaban J connectivity index is 2.60. The molecule has 1 aromatic rings. The van der Waals surface area contributed by atoms with E-state index in [1.165, 1.54) is 0 Å². The van der Waals surface area contributed by atoms with Crippen LogP contribution < -0.4 is 0 Å². The van der Waals surface area contributed by atoms with E-state index in [4.69, 9.17) is 4.74 Å². The van der Waals surface area contributed by atoms with Crippen LogP contribution in [0.5, 0.6) is 0 Å². The summed E-state index contributed by atoms with van der Waals surface area (Å²) in [4.78, 5) is 1.94. The molecule has 5 heteroatoms. The highest BCUT2D eigenvalue weighted by atomic mass is 19.1. The first-order valence-electron chi connectivity index (χ1n) is 6.51. The summed E-state index contributed by atoms with van der Waals surface area (Å²) in [7, 11) is 0. The van der Waals surface area contributed by atoms with Crippen molar-refractivity contribution in [1.82, 2.24) is 4.90 Å². The maximum atomic E-state index is 13.5. The average Bonchev–Trinajstić information content (AvgIpc) is 2.40. The molecule has 0 saturated heterocycles. The van der Waals surface area contributed by atoms with Crippen LogP contribution in [0.25, 0.3) is 0 Å². The van der Waals surface area contributed by atoms with Gasteiger partial charge in [0.15, 0.2) is 0 Å². The zero-order chi connectivity index (χ0) is 14.3. The van der Waals surface area contributed by atoms with Crippen molar-refractivity contribution in [3.05, 3.63) is 35.4 Å². The molecule has 0 aromatic heterocycles. The van der Waals surface area contributed by atoms with Crippen molar-refractivity contribution in [2.75, 3.05) is 32.8 Å². The molecule has 0 aliphatic heterocycles. The predicted octanol–water partition coefficient (Wildman–Crippen LogP) is 2.36. The van der Waals surface area contributed by atoms with Crippen molar-refractivity contribution in [3.63, 3.8) is 0 Å². The Morgan fingerprint density at radius 3 is 2.68 bits per heavy atom. The maximum absolute atomic E-state index is 13.5. The summed E-state index contributed by atoms with van der Waals surface area (Å²) in [6.07, 6.45) is -1.04. The molecule has 0 amide bonds. The normalized spacial score (nSPS) is 12.9. The van der Waals surface area contributed by atoms with Crippen molar-refractivity contribution >= 4 is 0 Å². The van der Waals surface area contributed by atoms with E-state index >= 15 is 0 Å². The predicted molar refractivity (Wildman–Crippen MR) is 69.9 cm³/mol. The van der Waals surface area contributed by atoms with Crippen LogP contribution in [-0.4, -0.2) is 42.9 Å².